The van der Waals surface area contributed by atoms with E-state index in [-0.39, 0.29) is 11.3 Å². The fourth-order valence-corrected chi connectivity index (χ4v) is 2.71. The largest absolute Gasteiger partial charge is 0.478 e. The standard InChI is InChI=1S/C14H22N2O4S/c1-4-8-16(9-5-2)13-7-6-11(15-21(3,19)20)10-12(13)14(17)18/h6-7,10,15H,4-5,8-9H2,1-3H3,(H,17,18). The Labute approximate surface area is 125 Å². The lowest BCUT2D eigenvalue weighted by atomic mass is 10.1. The normalized spacial score (nSPS) is 11.2. The van der Waals surface area contributed by atoms with Gasteiger partial charge in [0.2, 0.25) is 10.0 Å². The predicted molar refractivity (Wildman–Crippen MR) is 84.7 cm³/mol. The second-order valence-electron chi connectivity index (χ2n) is 4.90. The van der Waals surface area contributed by atoms with Crippen LogP contribution in [-0.4, -0.2) is 38.8 Å². The van der Waals surface area contributed by atoms with Crippen LogP contribution >= 0.6 is 0 Å². The summed E-state index contributed by atoms with van der Waals surface area (Å²) in [4.78, 5) is 13.5. The van der Waals surface area contributed by atoms with Crippen molar-refractivity contribution in [2.24, 2.45) is 0 Å². The SMILES string of the molecule is CCCN(CCC)c1ccc(NS(C)(=O)=O)cc1C(=O)O. The summed E-state index contributed by atoms with van der Waals surface area (Å²) in [6, 6.07) is 4.60. The molecule has 7 heteroatoms. The number of anilines is 2. The third kappa shape index (κ3) is 5.26. The number of nitrogens with one attached hydrogen (secondary N) is 1. The first-order valence-corrected chi connectivity index (χ1v) is 8.77. The molecule has 1 aromatic rings. The van der Waals surface area contributed by atoms with E-state index >= 15 is 0 Å². The van der Waals surface area contributed by atoms with E-state index in [0.717, 1.165) is 32.2 Å². The fraction of sp³-hybridized carbons (Fsp3) is 0.500. The highest BCUT2D eigenvalue weighted by Gasteiger charge is 2.17. The van der Waals surface area contributed by atoms with Gasteiger partial charge in [-0.1, -0.05) is 13.8 Å². The molecule has 0 fully saturated rings. The molecule has 0 aliphatic carbocycles. The summed E-state index contributed by atoms with van der Waals surface area (Å²) in [5.41, 5.74) is 0.974. The van der Waals surface area contributed by atoms with E-state index in [0.29, 0.717) is 5.69 Å². The van der Waals surface area contributed by atoms with E-state index < -0.39 is 16.0 Å². The Hall–Kier alpha value is -1.76. The van der Waals surface area contributed by atoms with Gasteiger partial charge in [-0.2, -0.15) is 0 Å². The quantitative estimate of drug-likeness (QED) is 0.769. The summed E-state index contributed by atoms with van der Waals surface area (Å²) in [7, 11) is -3.43. The molecule has 0 saturated heterocycles. The molecular formula is C14H22N2O4S. The lowest BCUT2D eigenvalue weighted by Crippen LogP contribution is -2.27. The minimum Gasteiger partial charge on any atom is -0.478 e. The highest BCUT2D eigenvalue weighted by atomic mass is 32.2. The molecule has 0 atom stereocenters. The Balaban J connectivity index is 3.23. The van der Waals surface area contributed by atoms with Gasteiger partial charge in [-0.05, 0) is 31.0 Å². The average Bonchev–Trinajstić information content (AvgIpc) is 2.36. The molecule has 0 aromatic heterocycles. The monoisotopic (exact) mass is 314 g/mol. The summed E-state index contributed by atoms with van der Waals surface area (Å²) in [5.74, 6) is -1.07. The van der Waals surface area contributed by atoms with Gasteiger partial charge in [0.15, 0.2) is 0 Å². The van der Waals surface area contributed by atoms with Crippen LogP contribution in [0.25, 0.3) is 0 Å². The zero-order chi connectivity index (χ0) is 16.0. The van der Waals surface area contributed by atoms with Gasteiger partial charge in [0.25, 0.3) is 0 Å². The number of nitrogens with zero attached hydrogens (tertiary/aromatic N) is 1. The fourth-order valence-electron chi connectivity index (χ4n) is 2.15. The first kappa shape index (κ1) is 17.3. The van der Waals surface area contributed by atoms with Gasteiger partial charge in [0.1, 0.15) is 0 Å². The van der Waals surface area contributed by atoms with Crippen LogP contribution in [0, 0.1) is 0 Å². The first-order valence-electron chi connectivity index (χ1n) is 6.88. The summed E-state index contributed by atoms with van der Waals surface area (Å²) >= 11 is 0. The molecule has 0 amide bonds. The van der Waals surface area contributed by atoms with Crippen LogP contribution < -0.4 is 9.62 Å². The van der Waals surface area contributed by atoms with Crippen LogP contribution in [0.2, 0.25) is 0 Å². The number of carboxylic acid groups (broad SMARTS) is 1. The molecule has 2 N–H and O–H groups in total. The Morgan fingerprint density at radius 2 is 1.81 bits per heavy atom. The zero-order valence-corrected chi connectivity index (χ0v) is 13.4. The average molecular weight is 314 g/mol. The van der Waals surface area contributed by atoms with Crippen LogP contribution in [-0.2, 0) is 10.0 Å². The van der Waals surface area contributed by atoms with Crippen LogP contribution in [0.15, 0.2) is 18.2 Å². The van der Waals surface area contributed by atoms with Crippen molar-refractivity contribution < 1.29 is 18.3 Å². The molecule has 0 saturated carbocycles. The maximum atomic E-state index is 11.4. The van der Waals surface area contributed by atoms with Crippen molar-refractivity contribution in [1.29, 1.82) is 0 Å². The molecule has 0 aliphatic rings. The van der Waals surface area contributed by atoms with Crippen LogP contribution in [0.1, 0.15) is 37.0 Å². The van der Waals surface area contributed by atoms with E-state index in [9.17, 15) is 18.3 Å². The van der Waals surface area contributed by atoms with E-state index in [1.807, 2.05) is 18.7 Å². The van der Waals surface area contributed by atoms with Crippen molar-refractivity contribution in [3.63, 3.8) is 0 Å². The number of sulfonamides is 1. The molecule has 0 heterocycles. The first-order chi connectivity index (χ1) is 9.78. The van der Waals surface area contributed by atoms with Crippen LogP contribution in [0.3, 0.4) is 0 Å². The van der Waals surface area contributed by atoms with Crippen molar-refractivity contribution in [2.75, 3.05) is 29.0 Å². The van der Waals surface area contributed by atoms with Gasteiger partial charge in [-0.3, -0.25) is 4.72 Å². The van der Waals surface area contributed by atoms with E-state index in [4.69, 9.17) is 0 Å². The number of rotatable bonds is 8. The van der Waals surface area contributed by atoms with Gasteiger partial charge in [0.05, 0.1) is 17.5 Å². The summed E-state index contributed by atoms with van der Waals surface area (Å²) in [6.07, 6.45) is 2.84. The van der Waals surface area contributed by atoms with Crippen molar-refractivity contribution in [3.8, 4) is 0 Å². The van der Waals surface area contributed by atoms with Crippen molar-refractivity contribution in [3.05, 3.63) is 23.8 Å². The molecule has 1 aromatic carbocycles. The summed E-state index contributed by atoms with van der Waals surface area (Å²) in [6.45, 7) is 5.57. The van der Waals surface area contributed by atoms with E-state index in [1.54, 1.807) is 12.1 Å². The van der Waals surface area contributed by atoms with Gasteiger partial charge >= 0.3 is 5.97 Å². The molecular weight excluding hydrogens is 292 g/mol. The maximum absolute atomic E-state index is 11.4. The third-order valence-corrected chi connectivity index (χ3v) is 3.46. The highest BCUT2D eigenvalue weighted by molar-refractivity contribution is 7.92. The Morgan fingerprint density at radius 1 is 1.24 bits per heavy atom. The number of carbonyl (C=O) groups is 1. The highest BCUT2D eigenvalue weighted by Crippen LogP contribution is 2.25. The Morgan fingerprint density at radius 3 is 2.24 bits per heavy atom. The Kier molecular flexibility index (Phi) is 6.02. The molecule has 0 spiro atoms. The lowest BCUT2D eigenvalue weighted by molar-refractivity contribution is 0.0697. The second kappa shape index (κ2) is 7.31. The van der Waals surface area contributed by atoms with Gasteiger partial charge < -0.3 is 10.0 Å². The van der Waals surface area contributed by atoms with Crippen LogP contribution in [0.4, 0.5) is 11.4 Å². The van der Waals surface area contributed by atoms with E-state index in [2.05, 4.69) is 4.72 Å². The minimum atomic E-state index is -3.43. The summed E-state index contributed by atoms with van der Waals surface area (Å²) < 4.78 is 24.8. The predicted octanol–water partition coefficient (Wildman–Crippen LogP) is 2.38. The van der Waals surface area contributed by atoms with Gasteiger partial charge in [-0.15, -0.1) is 0 Å². The summed E-state index contributed by atoms with van der Waals surface area (Å²) in [5, 5.41) is 9.37. The second-order valence-corrected chi connectivity index (χ2v) is 6.65. The Bertz CT molecular complexity index is 593. The van der Waals surface area contributed by atoms with Crippen LogP contribution in [0.5, 0.6) is 0 Å². The molecule has 6 nitrogen and oxygen atoms in total. The van der Waals surface area contributed by atoms with E-state index in [1.165, 1.54) is 6.07 Å². The number of benzene rings is 1. The number of hydrogen-bond acceptors (Lipinski definition) is 4. The molecule has 21 heavy (non-hydrogen) atoms. The molecule has 118 valence electrons. The minimum absolute atomic E-state index is 0.102. The number of hydrogen-bond donors (Lipinski definition) is 2. The number of aromatic carboxylic acids is 1. The smallest absolute Gasteiger partial charge is 0.337 e. The molecule has 0 unspecified atom stereocenters. The van der Waals surface area contributed by atoms with Crippen molar-refractivity contribution in [1.82, 2.24) is 0 Å². The van der Waals surface area contributed by atoms with Gasteiger partial charge in [-0.25, -0.2) is 13.2 Å². The molecule has 0 aliphatic heterocycles. The molecule has 0 bridgehead atoms. The van der Waals surface area contributed by atoms with Crippen molar-refractivity contribution >= 4 is 27.4 Å². The topological polar surface area (TPSA) is 86.7 Å². The third-order valence-electron chi connectivity index (χ3n) is 2.86. The maximum Gasteiger partial charge on any atom is 0.337 e. The molecule has 0 radical (unpaired) electrons. The lowest BCUT2D eigenvalue weighted by Gasteiger charge is -2.25. The molecule has 1 rings (SSSR count). The van der Waals surface area contributed by atoms with Crippen molar-refractivity contribution in [2.45, 2.75) is 26.7 Å². The van der Waals surface area contributed by atoms with Gasteiger partial charge in [0, 0.05) is 18.8 Å². The number of carboxylic acids is 1. The zero-order valence-electron chi connectivity index (χ0n) is 12.6.